The Morgan fingerprint density at radius 2 is 2.11 bits per heavy atom. The highest BCUT2D eigenvalue weighted by Crippen LogP contribution is 2.30. The van der Waals surface area contributed by atoms with Crippen LogP contribution in [0.1, 0.15) is 61.9 Å². The van der Waals surface area contributed by atoms with Crippen LogP contribution >= 0.6 is 0 Å². The molecule has 1 fully saturated rings. The van der Waals surface area contributed by atoms with E-state index in [9.17, 15) is 14.4 Å². The molecule has 1 saturated heterocycles. The number of rotatable bonds is 9. The van der Waals surface area contributed by atoms with Gasteiger partial charge < -0.3 is 15.0 Å². The number of hydrogen-bond acceptors (Lipinski definition) is 5. The van der Waals surface area contributed by atoms with Gasteiger partial charge in [-0.25, -0.2) is 0 Å². The molecule has 2 unspecified atom stereocenters. The van der Waals surface area contributed by atoms with E-state index in [2.05, 4.69) is 24.5 Å². The highest BCUT2D eigenvalue weighted by Gasteiger charge is 2.39. The molecule has 7 heteroatoms. The number of amides is 3. The lowest BCUT2D eigenvalue weighted by molar-refractivity contribution is -0.136. The van der Waals surface area contributed by atoms with Crippen LogP contribution in [0.5, 0.6) is 5.75 Å². The van der Waals surface area contributed by atoms with Crippen molar-refractivity contribution in [2.75, 3.05) is 13.1 Å². The van der Waals surface area contributed by atoms with E-state index < -0.39 is 6.04 Å². The molecule has 0 spiro atoms. The first-order valence-electron chi connectivity index (χ1n) is 10.1. The van der Waals surface area contributed by atoms with Gasteiger partial charge in [-0.2, -0.15) is 0 Å². The molecule has 0 aliphatic carbocycles. The third-order valence-corrected chi connectivity index (χ3v) is 5.30. The maximum Gasteiger partial charge on any atom is 0.255 e. The molecule has 0 saturated carbocycles. The highest BCUT2D eigenvalue weighted by molar-refractivity contribution is 6.05. The molecule has 2 atom stereocenters. The topological polar surface area (TPSA) is 87.7 Å². The van der Waals surface area contributed by atoms with Gasteiger partial charge in [0.25, 0.3) is 5.91 Å². The Morgan fingerprint density at radius 3 is 2.86 bits per heavy atom. The second-order valence-electron chi connectivity index (χ2n) is 7.50. The highest BCUT2D eigenvalue weighted by atomic mass is 16.5. The van der Waals surface area contributed by atoms with Crippen molar-refractivity contribution in [2.24, 2.45) is 0 Å². The third kappa shape index (κ3) is 4.70. The van der Waals surface area contributed by atoms with Crippen molar-refractivity contribution < 1.29 is 19.1 Å². The number of hydrogen-bond donors (Lipinski definition) is 2. The molecular weight excluding hydrogens is 358 g/mol. The molecule has 28 heavy (non-hydrogen) atoms. The molecule has 2 heterocycles. The predicted octanol–water partition coefficient (Wildman–Crippen LogP) is 1.99. The summed E-state index contributed by atoms with van der Waals surface area (Å²) in [6.45, 7) is 6.55. The van der Waals surface area contributed by atoms with Crippen molar-refractivity contribution in [3.05, 3.63) is 29.3 Å². The number of ether oxygens (including phenoxy) is 1. The standard InChI is InChI=1S/C21H29N3O4/c1-3-22-11-5-4-6-14(2)28-16-7-8-17-15(12-16)13-24(21(17)27)18-9-10-19(25)23-20(18)26/h7-8,12,14,18,22H,3-6,9-11,13H2,1-2H3,(H,23,25,26). The first-order chi connectivity index (χ1) is 13.5. The molecule has 1 aromatic carbocycles. The number of imide groups is 1. The number of fused-ring (bicyclic) bond motifs is 1. The average molecular weight is 387 g/mol. The van der Waals surface area contributed by atoms with Gasteiger partial charge in [-0.05, 0) is 69.5 Å². The van der Waals surface area contributed by atoms with Gasteiger partial charge in [0.2, 0.25) is 11.8 Å². The summed E-state index contributed by atoms with van der Waals surface area (Å²) in [6, 6.07) is 4.91. The van der Waals surface area contributed by atoms with Crippen LogP contribution in [0.4, 0.5) is 0 Å². The summed E-state index contributed by atoms with van der Waals surface area (Å²) in [7, 11) is 0. The quantitative estimate of drug-likeness (QED) is 0.500. The first-order valence-corrected chi connectivity index (χ1v) is 10.1. The van der Waals surface area contributed by atoms with Crippen molar-refractivity contribution in [2.45, 2.75) is 64.6 Å². The Balaban J connectivity index is 1.57. The van der Waals surface area contributed by atoms with E-state index in [0.29, 0.717) is 18.5 Å². The zero-order valence-corrected chi connectivity index (χ0v) is 16.6. The zero-order chi connectivity index (χ0) is 20.1. The molecule has 2 aliphatic rings. The maximum atomic E-state index is 12.7. The smallest absolute Gasteiger partial charge is 0.255 e. The van der Waals surface area contributed by atoms with Crippen molar-refractivity contribution in [1.29, 1.82) is 0 Å². The minimum absolute atomic E-state index is 0.100. The Morgan fingerprint density at radius 1 is 1.29 bits per heavy atom. The molecule has 0 radical (unpaired) electrons. The summed E-state index contributed by atoms with van der Waals surface area (Å²) in [5.74, 6) is -0.0796. The Hall–Kier alpha value is -2.41. The second kappa shape index (κ2) is 9.19. The Labute approximate surface area is 165 Å². The number of nitrogens with zero attached hydrogens (tertiary/aromatic N) is 1. The Bertz CT molecular complexity index is 749. The fourth-order valence-electron chi connectivity index (χ4n) is 3.77. The van der Waals surface area contributed by atoms with Gasteiger partial charge in [0, 0.05) is 18.5 Å². The second-order valence-corrected chi connectivity index (χ2v) is 7.50. The number of benzene rings is 1. The van der Waals surface area contributed by atoms with Crippen LogP contribution in [-0.4, -0.2) is 47.9 Å². The van der Waals surface area contributed by atoms with Crippen LogP contribution < -0.4 is 15.4 Å². The lowest BCUT2D eigenvalue weighted by Gasteiger charge is -2.29. The minimum Gasteiger partial charge on any atom is -0.491 e. The molecule has 2 N–H and O–H groups in total. The largest absolute Gasteiger partial charge is 0.491 e. The first kappa shape index (κ1) is 20.3. The molecule has 2 aliphatic heterocycles. The molecule has 152 valence electrons. The molecular formula is C21H29N3O4. The average Bonchev–Trinajstić information content (AvgIpc) is 2.97. The summed E-state index contributed by atoms with van der Waals surface area (Å²) in [4.78, 5) is 37.7. The van der Waals surface area contributed by atoms with Gasteiger partial charge in [-0.3, -0.25) is 19.7 Å². The summed E-state index contributed by atoms with van der Waals surface area (Å²) < 4.78 is 6.02. The number of piperidine rings is 1. The summed E-state index contributed by atoms with van der Waals surface area (Å²) >= 11 is 0. The molecule has 7 nitrogen and oxygen atoms in total. The van der Waals surface area contributed by atoms with E-state index in [1.54, 1.807) is 11.0 Å². The van der Waals surface area contributed by atoms with Crippen LogP contribution in [0.25, 0.3) is 0 Å². The number of carbonyl (C=O) groups excluding carboxylic acids is 3. The summed E-state index contributed by atoms with van der Waals surface area (Å²) in [5.41, 5.74) is 1.47. The lowest BCUT2D eigenvalue weighted by atomic mass is 10.0. The normalized spacial score (nSPS) is 20.1. The molecule has 0 bridgehead atoms. The summed E-state index contributed by atoms with van der Waals surface area (Å²) in [6.07, 6.45) is 3.93. The van der Waals surface area contributed by atoms with Crippen LogP contribution in [-0.2, 0) is 16.1 Å². The fourth-order valence-corrected chi connectivity index (χ4v) is 3.77. The fraction of sp³-hybridized carbons (Fsp3) is 0.571. The molecule has 3 rings (SSSR count). The lowest BCUT2D eigenvalue weighted by Crippen LogP contribution is -2.52. The molecule has 3 amide bonds. The third-order valence-electron chi connectivity index (χ3n) is 5.30. The molecule has 1 aromatic rings. The van der Waals surface area contributed by atoms with E-state index >= 15 is 0 Å². The van der Waals surface area contributed by atoms with Crippen molar-refractivity contribution in [3.8, 4) is 5.75 Å². The van der Waals surface area contributed by atoms with Gasteiger partial charge in [-0.15, -0.1) is 0 Å². The molecule has 0 aromatic heterocycles. The van der Waals surface area contributed by atoms with Gasteiger partial charge in [-0.1, -0.05) is 6.92 Å². The maximum absolute atomic E-state index is 12.7. The van der Waals surface area contributed by atoms with Crippen molar-refractivity contribution in [3.63, 3.8) is 0 Å². The van der Waals surface area contributed by atoms with Crippen molar-refractivity contribution >= 4 is 17.7 Å². The van der Waals surface area contributed by atoms with Gasteiger partial charge >= 0.3 is 0 Å². The van der Waals surface area contributed by atoms with Crippen LogP contribution in [0.15, 0.2) is 18.2 Å². The number of nitrogens with one attached hydrogen (secondary N) is 2. The van der Waals surface area contributed by atoms with E-state index in [1.807, 2.05) is 12.1 Å². The van der Waals surface area contributed by atoms with E-state index in [-0.39, 0.29) is 30.2 Å². The van der Waals surface area contributed by atoms with Crippen LogP contribution in [0, 0.1) is 0 Å². The van der Waals surface area contributed by atoms with Gasteiger partial charge in [0.15, 0.2) is 0 Å². The van der Waals surface area contributed by atoms with E-state index in [4.69, 9.17) is 4.74 Å². The van der Waals surface area contributed by atoms with E-state index in [0.717, 1.165) is 43.7 Å². The van der Waals surface area contributed by atoms with Crippen LogP contribution in [0.2, 0.25) is 0 Å². The SMILES string of the molecule is CCNCCCCC(C)Oc1ccc2c(c1)CN(C1CCC(=O)NC1=O)C2=O. The monoisotopic (exact) mass is 387 g/mol. The van der Waals surface area contributed by atoms with Gasteiger partial charge in [0.05, 0.1) is 6.10 Å². The number of unbranched alkanes of at least 4 members (excludes halogenated alkanes) is 1. The van der Waals surface area contributed by atoms with Crippen LogP contribution in [0.3, 0.4) is 0 Å². The van der Waals surface area contributed by atoms with Crippen molar-refractivity contribution in [1.82, 2.24) is 15.5 Å². The van der Waals surface area contributed by atoms with Gasteiger partial charge in [0.1, 0.15) is 11.8 Å². The zero-order valence-electron chi connectivity index (χ0n) is 16.6. The Kier molecular flexibility index (Phi) is 6.67. The van der Waals surface area contributed by atoms with E-state index in [1.165, 1.54) is 0 Å². The minimum atomic E-state index is -0.586. The predicted molar refractivity (Wildman–Crippen MR) is 105 cm³/mol. The summed E-state index contributed by atoms with van der Waals surface area (Å²) in [5, 5.41) is 5.64. The number of carbonyl (C=O) groups is 3.